The number of halogens is 4. The molecule has 0 radical (unpaired) electrons. The van der Waals surface area contributed by atoms with Crippen LogP contribution < -0.4 is 9.47 Å². The van der Waals surface area contributed by atoms with Gasteiger partial charge in [-0.3, -0.25) is 0 Å². The second-order valence-electron chi connectivity index (χ2n) is 3.66. The van der Waals surface area contributed by atoms with Crippen LogP contribution in [0.1, 0.15) is 6.92 Å². The summed E-state index contributed by atoms with van der Waals surface area (Å²) in [6.07, 6.45) is 0. The smallest absolute Gasteiger partial charge is 0.255 e. The molecule has 0 saturated heterocycles. The number of pyridine rings is 1. The Balaban J connectivity index is 2.37. The normalized spacial score (nSPS) is 10.4. The van der Waals surface area contributed by atoms with Crippen molar-refractivity contribution in [3.63, 3.8) is 0 Å². The zero-order valence-corrected chi connectivity index (χ0v) is 10.3. The number of benzene rings is 1. The fourth-order valence-electron chi connectivity index (χ4n) is 1.47. The third-order valence-corrected chi connectivity index (χ3v) is 2.29. The molecule has 0 N–H and O–H groups in total. The van der Waals surface area contributed by atoms with E-state index in [1.165, 1.54) is 18.2 Å². The molecule has 106 valence electrons. The molecule has 0 spiro atoms. The van der Waals surface area contributed by atoms with Gasteiger partial charge in [0.05, 0.1) is 6.61 Å². The Labute approximate surface area is 111 Å². The van der Waals surface area contributed by atoms with Crippen LogP contribution in [0.2, 0.25) is 0 Å². The van der Waals surface area contributed by atoms with Gasteiger partial charge in [-0.1, -0.05) is 6.07 Å². The van der Waals surface area contributed by atoms with Crippen LogP contribution in [0.3, 0.4) is 0 Å². The highest BCUT2D eigenvalue weighted by atomic mass is 19.2. The molecule has 1 aromatic heterocycles. The number of ether oxygens (including phenoxy) is 2. The predicted octanol–water partition coefficient (Wildman–Crippen LogP) is 3.83. The van der Waals surface area contributed by atoms with Gasteiger partial charge in [-0.2, -0.15) is 22.5 Å². The number of hydrogen-bond acceptors (Lipinski definition) is 3. The van der Waals surface area contributed by atoms with Crippen molar-refractivity contribution >= 4 is 0 Å². The van der Waals surface area contributed by atoms with E-state index in [0.717, 1.165) is 0 Å². The van der Waals surface area contributed by atoms with Crippen molar-refractivity contribution < 1.29 is 27.0 Å². The molecule has 0 aliphatic rings. The predicted molar refractivity (Wildman–Crippen MR) is 61.8 cm³/mol. The van der Waals surface area contributed by atoms with E-state index in [1.807, 2.05) is 0 Å². The van der Waals surface area contributed by atoms with Gasteiger partial charge >= 0.3 is 0 Å². The number of nitrogens with zero attached hydrogens (tertiary/aromatic N) is 1. The summed E-state index contributed by atoms with van der Waals surface area (Å²) in [6, 6.07) is 5.79. The summed E-state index contributed by atoms with van der Waals surface area (Å²) in [7, 11) is 0. The second kappa shape index (κ2) is 5.77. The third kappa shape index (κ3) is 2.81. The largest absolute Gasteiger partial charge is 0.494 e. The first-order valence-electron chi connectivity index (χ1n) is 5.63. The average molecular weight is 287 g/mol. The molecular weight excluding hydrogens is 278 g/mol. The van der Waals surface area contributed by atoms with E-state index in [2.05, 4.69) is 4.98 Å². The molecule has 0 atom stereocenters. The summed E-state index contributed by atoms with van der Waals surface area (Å²) < 4.78 is 62.6. The molecule has 2 rings (SSSR count). The minimum atomic E-state index is -1.78. The Morgan fingerprint density at radius 3 is 2.20 bits per heavy atom. The molecule has 20 heavy (non-hydrogen) atoms. The maximum atomic E-state index is 13.4. The van der Waals surface area contributed by atoms with Crippen LogP contribution in [-0.2, 0) is 0 Å². The lowest BCUT2D eigenvalue weighted by molar-refractivity contribution is 0.330. The monoisotopic (exact) mass is 287 g/mol. The number of rotatable bonds is 4. The van der Waals surface area contributed by atoms with Gasteiger partial charge in [0.15, 0.2) is 0 Å². The molecule has 0 aliphatic carbocycles. The fourth-order valence-corrected chi connectivity index (χ4v) is 1.47. The molecule has 0 bridgehead atoms. The highest BCUT2D eigenvalue weighted by molar-refractivity contribution is 5.37. The molecular formula is C13H9F4NO2. The minimum absolute atomic E-state index is 0.0289. The number of aromatic nitrogens is 1. The molecule has 1 aromatic carbocycles. The Morgan fingerprint density at radius 1 is 1.00 bits per heavy atom. The Bertz CT molecular complexity index is 608. The lowest BCUT2D eigenvalue weighted by Gasteiger charge is -2.10. The van der Waals surface area contributed by atoms with Crippen LogP contribution in [0, 0.1) is 23.5 Å². The molecule has 0 unspecified atom stereocenters. The first-order valence-corrected chi connectivity index (χ1v) is 5.63. The van der Waals surface area contributed by atoms with Gasteiger partial charge in [-0.15, -0.1) is 0 Å². The van der Waals surface area contributed by atoms with Crippen LogP contribution in [0.15, 0.2) is 24.3 Å². The molecule has 0 saturated carbocycles. The van der Waals surface area contributed by atoms with E-state index < -0.39 is 29.3 Å². The molecule has 1 heterocycles. The van der Waals surface area contributed by atoms with Gasteiger partial charge in [0.2, 0.25) is 17.4 Å². The maximum Gasteiger partial charge on any atom is 0.255 e. The van der Waals surface area contributed by atoms with Crippen molar-refractivity contribution in [1.29, 1.82) is 0 Å². The molecule has 0 amide bonds. The van der Waals surface area contributed by atoms with Crippen LogP contribution >= 0.6 is 0 Å². The van der Waals surface area contributed by atoms with Crippen LogP contribution in [0.5, 0.6) is 17.2 Å². The summed E-state index contributed by atoms with van der Waals surface area (Å²) in [5.74, 6) is -7.79. The second-order valence-corrected chi connectivity index (χ2v) is 3.66. The Hall–Kier alpha value is -2.31. The zero-order chi connectivity index (χ0) is 14.7. The first kappa shape index (κ1) is 14.1. The minimum Gasteiger partial charge on any atom is -0.494 e. The zero-order valence-electron chi connectivity index (χ0n) is 10.3. The van der Waals surface area contributed by atoms with E-state index in [9.17, 15) is 17.6 Å². The fraction of sp³-hybridized carbons (Fsp3) is 0.154. The highest BCUT2D eigenvalue weighted by Crippen LogP contribution is 2.31. The SMILES string of the molecule is CCOc1cccc(Oc2c(F)c(F)nc(F)c2F)c1. The van der Waals surface area contributed by atoms with Gasteiger partial charge in [-0.25, -0.2) is 0 Å². The van der Waals surface area contributed by atoms with E-state index in [-0.39, 0.29) is 5.75 Å². The van der Waals surface area contributed by atoms with Gasteiger partial charge < -0.3 is 9.47 Å². The summed E-state index contributed by atoms with van der Waals surface area (Å²) in [6.45, 7) is 2.13. The van der Waals surface area contributed by atoms with Crippen molar-refractivity contribution in [3.8, 4) is 17.2 Å². The van der Waals surface area contributed by atoms with Gasteiger partial charge in [0.1, 0.15) is 11.5 Å². The summed E-state index contributed by atoms with van der Waals surface area (Å²) >= 11 is 0. The Kier molecular flexibility index (Phi) is 4.07. The van der Waals surface area contributed by atoms with Gasteiger partial charge in [0, 0.05) is 6.07 Å². The van der Waals surface area contributed by atoms with E-state index in [1.54, 1.807) is 13.0 Å². The Morgan fingerprint density at radius 2 is 1.60 bits per heavy atom. The highest BCUT2D eigenvalue weighted by Gasteiger charge is 2.22. The van der Waals surface area contributed by atoms with Crippen molar-refractivity contribution in [2.24, 2.45) is 0 Å². The van der Waals surface area contributed by atoms with Gasteiger partial charge in [0.25, 0.3) is 11.9 Å². The molecule has 0 aliphatic heterocycles. The topological polar surface area (TPSA) is 31.4 Å². The lowest BCUT2D eigenvalue weighted by atomic mass is 10.3. The summed E-state index contributed by atoms with van der Waals surface area (Å²) in [4.78, 5) is 2.43. The molecule has 0 fully saturated rings. The van der Waals surface area contributed by atoms with E-state index in [4.69, 9.17) is 9.47 Å². The van der Waals surface area contributed by atoms with Crippen LogP contribution in [0.4, 0.5) is 17.6 Å². The third-order valence-electron chi connectivity index (χ3n) is 2.29. The van der Waals surface area contributed by atoms with E-state index in [0.29, 0.717) is 12.4 Å². The maximum absolute atomic E-state index is 13.4. The quantitative estimate of drug-likeness (QED) is 0.632. The van der Waals surface area contributed by atoms with Crippen LogP contribution in [0.25, 0.3) is 0 Å². The summed E-state index contributed by atoms with van der Waals surface area (Å²) in [5, 5.41) is 0. The first-order chi connectivity index (χ1) is 9.52. The van der Waals surface area contributed by atoms with Crippen molar-refractivity contribution in [1.82, 2.24) is 4.98 Å². The van der Waals surface area contributed by atoms with Gasteiger partial charge in [-0.05, 0) is 19.1 Å². The molecule has 3 nitrogen and oxygen atoms in total. The molecule has 7 heteroatoms. The average Bonchev–Trinajstić information content (AvgIpc) is 2.42. The standard InChI is InChI=1S/C13H9F4NO2/c1-2-19-7-4-3-5-8(6-7)20-11-9(14)12(16)18-13(17)10(11)15/h3-6H,2H2,1H3. The molecule has 2 aromatic rings. The van der Waals surface area contributed by atoms with Crippen molar-refractivity contribution in [2.75, 3.05) is 6.61 Å². The van der Waals surface area contributed by atoms with Crippen molar-refractivity contribution in [3.05, 3.63) is 47.8 Å². The number of hydrogen-bond donors (Lipinski definition) is 0. The van der Waals surface area contributed by atoms with E-state index >= 15 is 0 Å². The lowest BCUT2D eigenvalue weighted by Crippen LogP contribution is -2.03. The summed E-state index contributed by atoms with van der Waals surface area (Å²) in [5.41, 5.74) is 0. The van der Waals surface area contributed by atoms with Crippen LogP contribution in [-0.4, -0.2) is 11.6 Å². The van der Waals surface area contributed by atoms with Crippen molar-refractivity contribution in [2.45, 2.75) is 6.92 Å².